The van der Waals surface area contributed by atoms with Gasteiger partial charge in [-0.3, -0.25) is 0 Å². The lowest BCUT2D eigenvalue weighted by Crippen LogP contribution is -2.31. The van der Waals surface area contributed by atoms with Crippen molar-refractivity contribution in [2.45, 2.75) is 25.0 Å². The fourth-order valence-electron chi connectivity index (χ4n) is 3.67. The number of hydrogen-bond acceptors (Lipinski definition) is 2. The highest BCUT2D eigenvalue weighted by Gasteiger charge is 2.26. The van der Waals surface area contributed by atoms with Crippen molar-refractivity contribution in [2.75, 3.05) is 13.1 Å². The second-order valence-electron chi connectivity index (χ2n) is 6.17. The van der Waals surface area contributed by atoms with Crippen LogP contribution >= 0.6 is 23.2 Å². The minimum absolute atomic E-state index is 0.0485. The third-order valence-corrected chi connectivity index (χ3v) is 5.18. The van der Waals surface area contributed by atoms with E-state index in [9.17, 15) is 5.11 Å². The number of hydrogen-bond donors (Lipinski definition) is 2. The Bertz CT molecular complexity index is 815. The zero-order chi connectivity index (χ0) is 16.0. The van der Waals surface area contributed by atoms with Crippen molar-refractivity contribution in [2.24, 2.45) is 0 Å². The quantitative estimate of drug-likeness (QED) is 0.684. The third kappa shape index (κ3) is 2.62. The van der Waals surface area contributed by atoms with Crippen LogP contribution in [-0.4, -0.2) is 28.9 Å². The van der Waals surface area contributed by atoms with Gasteiger partial charge in [-0.1, -0.05) is 23.2 Å². The molecule has 5 heteroatoms. The van der Waals surface area contributed by atoms with E-state index in [0.717, 1.165) is 41.2 Å². The molecule has 0 radical (unpaired) electrons. The van der Waals surface area contributed by atoms with Gasteiger partial charge in [0.1, 0.15) is 0 Å². The summed E-state index contributed by atoms with van der Waals surface area (Å²) in [4.78, 5) is 0. The molecule has 4 rings (SSSR count). The lowest BCUT2D eigenvalue weighted by atomic mass is 10.1. The van der Waals surface area contributed by atoms with Crippen LogP contribution in [0, 0.1) is 0 Å². The molecular weight excluding hydrogens is 331 g/mol. The molecule has 1 aliphatic heterocycles. The molecule has 2 aromatic carbocycles. The van der Waals surface area contributed by atoms with Crippen LogP contribution in [0.2, 0.25) is 10.0 Å². The Hall–Kier alpha value is -1.26. The molecule has 0 bridgehead atoms. The van der Waals surface area contributed by atoms with Gasteiger partial charge in [0.15, 0.2) is 0 Å². The maximum atomic E-state index is 10.6. The minimum atomic E-state index is -0.414. The van der Waals surface area contributed by atoms with E-state index in [1.165, 1.54) is 0 Å². The van der Waals surface area contributed by atoms with Crippen molar-refractivity contribution in [1.29, 1.82) is 0 Å². The predicted octanol–water partition coefficient (Wildman–Crippen LogP) is 4.39. The molecule has 1 aliphatic rings. The smallest absolute Gasteiger partial charge is 0.0871 e. The summed E-state index contributed by atoms with van der Waals surface area (Å²) in [7, 11) is 0. The number of aliphatic hydroxyl groups excluding tert-OH is 1. The van der Waals surface area contributed by atoms with Gasteiger partial charge in [0.25, 0.3) is 0 Å². The number of β-amino-alcohol motifs (C(OH)–C–C–N with tert-alkyl or cyclic N) is 1. The molecule has 23 heavy (non-hydrogen) atoms. The molecular formula is C18H18Cl2N2O. The van der Waals surface area contributed by atoms with Crippen molar-refractivity contribution < 1.29 is 5.11 Å². The first kappa shape index (κ1) is 15.3. The van der Waals surface area contributed by atoms with E-state index in [0.29, 0.717) is 16.6 Å². The summed E-state index contributed by atoms with van der Waals surface area (Å²) >= 11 is 12.4. The van der Waals surface area contributed by atoms with Crippen molar-refractivity contribution in [3.63, 3.8) is 0 Å². The van der Waals surface area contributed by atoms with Crippen LogP contribution in [0.15, 0.2) is 36.4 Å². The van der Waals surface area contributed by atoms with Gasteiger partial charge in [0.05, 0.1) is 12.1 Å². The first-order valence-electron chi connectivity index (χ1n) is 7.92. The molecule has 0 spiro atoms. The summed E-state index contributed by atoms with van der Waals surface area (Å²) in [5.41, 5.74) is 2.19. The van der Waals surface area contributed by atoms with E-state index in [2.05, 4.69) is 9.88 Å². The summed E-state index contributed by atoms with van der Waals surface area (Å²) in [6.45, 7) is 1.56. The summed E-state index contributed by atoms with van der Waals surface area (Å²) in [6, 6.07) is 11.9. The lowest BCUT2D eigenvalue weighted by molar-refractivity contribution is 0.119. The molecule has 2 N–H and O–H groups in total. The highest BCUT2D eigenvalue weighted by molar-refractivity contribution is 6.33. The fraction of sp³-hybridized carbons (Fsp3) is 0.333. The molecule has 2 atom stereocenters. The van der Waals surface area contributed by atoms with E-state index in [-0.39, 0.29) is 6.04 Å². The van der Waals surface area contributed by atoms with Crippen LogP contribution in [0.25, 0.3) is 21.8 Å². The third-order valence-electron chi connectivity index (χ3n) is 4.71. The molecule has 1 unspecified atom stereocenters. The Morgan fingerprint density at radius 2 is 1.61 bits per heavy atom. The number of aliphatic hydroxyl groups is 1. The van der Waals surface area contributed by atoms with Gasteiger partial charge >= 0.3 is 0 Å². The van der Waals surface area contributed by atoms with E-state index in [1.807, 2.05) is 36.4 Å². The first-order chi connectivity index (χ1) is 11.1. The highest BCUT2D eigenvalue weighted by Crippen LogP contribution is 2.37. The Labute approximate surface area is 144 Å². The number of fused-ring (bicyclic) bond motifs is 3. The zero-order valence-corrected chi connectivity index (χ0v) is 14.1. The normalized spacial score (nSPS) is 22.6. The van der Waals surface area contributed by atoms with E-state index >= 15 is 0 Å². The van der Waals surface area contributed by atoms with Crippen LogP contribution in [0.5, 0.6) is 0 Å². The lowest BCUT2D eigenvalue weighted by Gasteiger charge is -2.24. The maximum absolute atomic E-state index is 10.6. The topological polar surface area (TPSA) is 37.2 Å². The summed E-state index contributed by atoms with van der Waals surface area (Å²) in [5.74, 6) is 0. The van der Waals surface area contributed by atoms with Crippen LogP contribution in [0.3, 0.4) is 0 Å². The van der Waals surface area contributed by atoms with Gasteiger partial charge in [-0.25, -0.2) is 0 Å². The second kappa shape index (κ2) is 5.99. The standard InChI is InChI=1S/C18H18Cl2N2O/c19-11-3-5-15-13(8-11)14-9-12(20)4-6-16(14)22(15)17-2-1-7-21-10-18(17)23/h3-6,8-9,17-18,21,23H,1-2,7,10H2/t17?,18-/m0/s1. The second-order valence-corrected chi connectivity index (χ2v) is 7.05. The monoisotopic (exact) mass is 348 g/mol. The Kier molecular flexibility index (Phi) is 3.98. The number of aromatic nitrogens is 1. The average Bonchev–Trinajstić information content (AvgIpc) is 2.68. The average molecular weight is 349 g/mol. The van der Waals surface area contributed by atoms with Crippen LogP contribution in [-0.2, 0) is 0 Å². The van der Waals surface area contributed by atoms with E-state index < -0.39 is 6.10 Å². The number of rotatable bonds is 1. The first-order valence-corrected chi connectivity index (χ1v) is 8.68. The van der Waals surface area contributed by atoms with Crippen LogP contribution in [0.4, 0.5) is 0 Å². The molecule has 2 heterocycles. The zero-order valence-electron chi connectivity index (χ0n) is 12.6. The van der Waals surface area contributed by atoms with Gasteiger partial charge in [-0.05, 0) is 55.8 Å². The van der Waals surface area contributed by atoms with Crippen LogP contribution in [0.1, 0.15) is 18.9 Å². The highest BCUT2D eigenvalue weighted by atomic mass is 35.5. The number of nitrogens with zero attached hydrogens (tertiary/aromatic N) is 1. The molecule has 0 saturated carbocycles. The van der Waals surface area contributed by atoms with Crippen LogP contribution < -0.4 is 5.32 Å². The Balaban J connectivity index is 2.03. The van der Waals surface area contributed by atoms with Gasteiger partial charge in [-0.2, -0.15) is 0 Å². The molecule has 1 aromatic heterocycles. The fourth-order valence-corrected chi connectivity index (χ4v) is 4.02. The summed E-state index contributed by atoms with van der Waals surface area (Å²) in [6.07, 6.45) is 1.57. The van der Waals surface area contributed by atoms with Crippen molar-refractivity contribution in [3.8, 4) is 0 Å². The molecule has 1 saturated heterocycles. The van der Waals surface area contributed by atoms with Crippen molar-refractivity contribution >= 4 is 45.0 Å². The van der Waals surface area contributed by atoms with Gasteiger partial charge < -0.3 is 15.0 Å². The van der Waals surface area contributed by atoms with Gasteiger partial charge in [0.2, 0.25) is 0 Å². The molecule has 0 amide bonds. The minimum Gasteiger partial charge on any atom is -0.390 e. The van der Waals surface area contributed by atoms with E-state index in [1.54, 1.807) is 0 Å². The molecule has 1 fully saturated rings. The van der Waals surface area contributed by atoms with Crippen molar-refractivity contribution in [1.82, 2.24) is 9.88 Å². The summed E-state index contributed by atoms with van der Waals surface area (Å²) in [5, 5.41) is 17.5. The van der Waals surface area contributed by atoms with E-state index in [4.69, 9.17) is 23.2 Å². The number of nitrogens with one attached hydrogen (secondary N) is 1. The molecule has 3 nitrogen and oxygen atoms in total. The largest absolute Gasteiger partial charge is 0.390 e. The summed E-state index contributed by atoms with van der Waals surface area (Å²) < 4.78 is 2.26. The van der Waals surface area contributed by atoms with Gasteiger partial charge in [-0.15, -0.1) is 0 Å². The Morgan fingerprint density at radius 1 is 1.00 bits per heavy atom. The SMILES string of the molecule is O[C@H]1CNCCCC1n1c2ccc(Cl)cc2c2cc(Cl)ccc21. The van der Waals surface area contributed by atoms with Gasteiger partial charge in [0, 0.05) is 38.4 Å². The molecule has 0 aliphatic carbocycles. The molecule has 3 aromatic rings. The Morgan fingerprint density at radius 3 is 2.22 bits per heavy atom. The van der Waals surface area contributed by atoms with Crippen molar-refractivity contribution in [3.05, 3.63) is 46.4 Å². The number of halogens is 2. The maximum Gasteiger partial charge on any atom is 0.0871 e. The molecule has 120 valence electrons. The predicted molar refractivity (Wildman–Crippen MR) is 96.6 cm³/mol. The number of benzene rings is 2.